The van der Waals surface area contributed by atoms with Gasteiger partial charge < -0.3 is 10.2 Å². The first kappa shape index (κ1) is 22.8. The highest BCUT2D eigenvalue weighted by atomic mass is 127. The van der Waals surface area contributed by atoms with Gasteiger partial charge >= 0.3 is 0 Å². The molecular formula is C19H28FIN4S. The van der Waals surface area contributed by atoms with Crippen molar-refractivity contribution in [2.24, 2.45) is 4.99 Å². The number of thiazole rings is 1. The third-order valence-corrected chi connectivity index (χ3v) is 4.73. The molecule has 0 aliphatic rings. The topological polar surface area (TPSA) is 40.5 Å². The second-order valence-electron chi connectivity index (χ2n) is 7.09. The van der Waals surface area contributed by atoms with Crippen LogP contribution in [0.3, 0.4) is 0 Å². The summed E-state index contributed by atoms with van der Waals surface area (Å²) in [6.07, 6.45) is 0.855. The minimum atomic E-state index is -0.215. The summed E-state index contributed by atoms with van der Waals surface area (Å²) < 4.78 is 13.3. The minimum Gasteiger partial charge on any atom is -0.356 e. The fourth-order valence-electron chi connectivity index (χ4n) is 2.42. The van der Waals surface area contributed by atoms with Gasteiger partial charge in [-0.3, -0.25) is 4.99 Å². The van der Waals surface area contributed by atoms with Crippen molar-refractivity contribution in [3.8, 4) is 0 Å². The Morgan fingerprint density at radius 2 is 2.08 bits per heavy atom. The van der Waals surface area contributed by atoms with Crippen LogP contribution in [0.15, 0.2) is 34.6 Å². The van der Waals surface area contributed by atoms with E-state index < -0.39 is 0 Å². The van der Waals surface area contributed by atoms with Gasteiger partial charge in [-0.05, 0) is 17.7 Å². The van der Waals surface area contributed by atoms with E-state index in [4.69, 9.17) is 4.98 Å². The fraction of sp³-hybridized carbons (Fsp3) is 0.474. The van der Waals surface area contributed by atoms with Crippen molar-refractivity contribution < 1.29 is 4.39 Å². The molecule has 2 rings (SSSR count). The van der Waals surface area contributed by atoms with Gasteiger partial charge in [0.2, 0.25) is 0 Å². The maximum Gasteiger partial charge on any atom is 0.193 e. The Balaban J connectivity index is 0.00000338. The minimum absolute atomic E-state index is 0. The van der Waals surface area contributed by atoms with Crippen LogP contribution in [0, 0.1) is 5.82 Å². The first-order valence-electron chi connectivity index (χ1n) is 8.40. The zero-order valence-corrected chi connectivity index (χ0v) is 19.2. The second kappa shape index (κ2) is 10.2. The van der Waals surface area contributed by atoms with Gasteiger partial charge in [-0.1, -0.05) is 32.9 Å². The average Bonchev–Trinajstić information content (AvgIpc) is 3.00. The molecule has 4 nitrogen and oxygen atoms in total. The van der Waals surface area contributed by atoms with Crippen LogP contribution in [0.25, 0.3) is 0 Å². The summed E-state index contributed by atoms with van der Waals surface area (Å²) in [7, 11) is 3.70. The van der Waals surface area contributed by atoms with Crippen LogP contribution in [0.5, 0.6) is 0 Å². The van der Waals surface area contributed by atoms with E-state index in [1.165, 1.54) is 6.07 Å². The van der Waals surface area contributed by atoms with E-state index >= 15 is 0 Å². The van der Waals surface area contributed by atoms with E-state index in [0.29, 0.717) is 6.54 Å². The molecule has 1 N–H and O–H groups in total. The molecule has 0 bridgehead atoms. The highest BCUT2D eigenvalue weighted by Crippen LogP contribution is 2.23. The molecule has 0 atom stereocenters. The molecule has 1 heterocycles. The van der Waals surface area contributed by atoms with Gasteiger partial charge in [0.25, 0.3) is 0 Å². The van der Waals surface area contributed by atoms with Crippen molar-refractivity contribution in [3.63, 3.8) is 0 Å². The van der Waals surface area contributed by atoms with Crippen LogP contribution in [-0.2, 0) is 18.4 Å². The van der Waals surface area contributed by atoms with Crippen molar-refractivity contribution in [1.29, 1.82) is 0 Å². The monoisotopic (exact) mass is 490 g/mol. The molecular weight excluding hydrogens is 462 g/mol. The molecule has 0 saturated carbocycles. The van der Waals surface area contributed by atoms with E-state index in [1.807, 2.05) is 18.0 Å². The molecule has 0 spiro atoms. The van der Waals surface area contributed by atoms with E-state index in [1.54, 1.807) is 30.5 Å². The number of halogens is 2. The van der Waals surface area contributed by atoms with Crippen LogP contribution in [0.2, 0.25) is 0 Å². The summed E-state index contributed by atoms with van der Waals surface area (Å²) in [6.45, 7) is 7.88. The maximum absolute atomic E-state index is 13.3. The quantitative estimate of drug-likeness (QED) is 0.383. The number of nitrogens with zero attached hydrogens (tertiary/aromatic N) is 3. The highest BCUT2D eigenvalue weighted by molar-refractivity contribution is 14.0. The Morgan fingerprint density at radius 3 is 2.65 bits per heavy atom. The molecule has 0 saturated heterocycles. The molecule has 0 amide bonds. The first-order chi connectivity index (χ1) is 11.8. The average molecular weight is 490 g/mol. The Kier molecular flexibility index (Phi) is 8.95. The summed E-state index contributed by atoms with van der Waals surface area (Å²) in [5, 5.41) is 6.61. The van der Waals surface area contributed by atoms with Gasteiger partial charge in [-0.2, -0.15) is 0 Å². The standard InChI is InChI=1S/C19H27FN4S.HI/c1-19(2,3)16-13-25-17(23-16)9-10-22-18(21-4)24(5)12-14-7-6-8-15(20)11-14;/h6-8,11,13H,9-10,12H2,1-5H3,(H,21,22);1H. The first-order valence-corrected chi connectivity index (χ1v) is 9.28. The lowest BCUT2D eigenvalue weighted by Crippen LogP contribution is -2.39. The predicted octanol–water partition coefficient (Wildman–Crippen LogP) is 4.45. The number of nitrogens with one attached hydrogen (secondary N) is 1. The normalized spacial score (nSPS) is 11.8. The molecule has 0 aliphatic carbocycles. The molecule has 1 aromatic heterocycles. The van der Waals surface area contributed by atoms with E-state index in [2.05, 4.69) is 36.5 Å². The summed E-state index contributed by atoms with van der Waals surface area (Å²) in [5.41, 5.74) is 2.14. The molecule has 0 fully saturated rings. The van der Waals surface area contributed by atoms with E-state index in [0.717, 1.165) is 35.2 Å². The summed E-state index contributed by atoms with van der Waals surface area (Å²) in [4.78, 5) is 11.0. The lowest BCUT2D eigenvalue weighted by molar-refractivity contribution is 0.475. The molecule has 2 aromatic rings. The number of guanidine groups is 1. The lowest BCUT2D eigenvalue weighted by Gasteiger charge is -2.22. The summed E-state index contributed by atoms with van der Waals surface area (Å²) in [6, 6.07) is 6.64. The molecule has 1 aromatic carbocycles. The van der Waals surface area contributed by atoms with Gasteiger partial charge in [0.05, 0.1) is 10.7 Å². The van der Waals surface area contributed by atoms with Crippen molar-refractivity contribution in [3.05, 3.63) is 51.7 Å². The number of hydrogen-bond donors (Lipinski definition) is 1. The highest BCUT2D eigenvalue weighted by Gasteiger charge is 2.17. The van der Waals surface area contributed by atoms with Crippen molar-refractivity contribution in [2.75, 3.05) is 20.6 Å². The lowest BCUT2D eigenvalue weighted by atomic mass is 9.93. The smallest absolute Gasteiger partial charge is 0.193 e. The van der Waals surface area contributed by atoms with Gasteiger partial charge in [0.15, 0.2) is 5.96 Å². The SMILES string of the molecule is CN=C(NCCc1nc(C(C)(C)C)cs1)N(C)Cc1cccc(F)c1.I. The van der Waals surface area contributed by atoms with Crippen molar-refractivity contribution in [2.45, 2.75) is 39.2 Å². The van der Waals surface area contributed by atoms with Crippen LogP contribution < -0.4 is 5.32 Å². The zero-order valence-electron chi connectivity index (χ0n) is 16.0. The molecule has 0 aliphatic heterocycles. The largest absolute Gasteiger partial charge is 0.356 e. The van der Waals surface area contributed by atoms with Crippen LogP contribution in [-0.4, -0.2) is 36.5 Å². The van der Waals surface area contributed by atoms with Gasteiger partial charge in [0, 0.05) is 44.4 Å². The van der Waals surface area contributed by atoms with E-state index in [-0.39, 0.29) is 35.2 Å². The zero-order chi connectivity index (χ0) is 18.4. The number of aliphatic imine (C=N–C) groups is 1. The Labute approximate surface area is 177 Å². The molecule has 26 heavy (non-hydrogen) atoms. The van der Waals surface area contributed by atoms with Crippen LogP contribution in [0.4, 0.5) is 4.39 Å². The number of rotatable bonds is 5. The summed E-state index contributed by atoms with van der Waals surface area (Å²) in [5.74, 6) is 0.573. The molecule has 0 unspecified atom stereocenters. The van der Waals surface area contributed by atoms with Gasteiger partial charge in [-0.15, -0.1) is 35.3 Å². The molecule has 0 radical (unpaired) electrons. The van der Waals surface area contributed by atoms with Crippen LogP contribution >= 0.6 is 35.3 Å². The Morgan fingerprint density at radius 1 is 1.35 bits per heavy atom. The molecule has 7 heteroatoms. The van der Waals surface area contributed by atoms with E-state index in [9.17, 15) is 4.39 Å². The van der Waals surface area contributed by atoms with Gasteiger partial charge in [0.1, 0.15) is 5.82 Å². The van der Waals surface area contributed by atoms with Gasteiger partial charge in [-0.25, -0.2) is 9.37 Å². The summed E-state index contributed by atoms with van der Waals surface area (Å²) >= 11 is 1.70. The fourth-order valence-corrected chi connectivity index (χ4v) is 3.45. The maximum atomic E-state index is 13.3. The Bertz CT molecular complexity index is 724. The number of benzene rings is 1. The second-order valence-corrected chi connectivity index (χ2v) is 8.03. The van der Waals surface area contributed by atoms with Crippen molar-refractivity contribution in [1.82, 2.24) is 15.2 Å². The third-order valence-electron chi connectivity index (χ3n) is 3.82. The predicted molar refractivity (Wildman–Crippen MR) is 119 cm³/mol. The van der Waals surface area contributed by atoms with Crippen LogP contribution in [0.1, 0.15) is 37.0 Å². The number of aromatic nitrogens is 1. The molecule has 144 valence electrons. The number of hydrogen-bond acceptors (Lipinski definition) is 3. The van der Waals surface area contributed by atoms with Crippen molar-refractivity contribution >= 4 is 41.3 Å². The Hall–Kier alpha value is -1.22. The third kappa shape index (κ3) is 6.83.